The van der Waals surface area contributed by atoms with Crippen LogP contribution in [0.1, 0.15) is 0 Å². The zero-order valence-electron chi connectivity index (χ0n) is 11.6. The summed E-state index contributed by atoms with van der Waals surface area (Å²) in [5, 5.41) is 6.14. The van der Waals surface area contributed by atoms with Crippen LogP contribution < -0.4 is 10.6 Å². The lowest BCUT2D eigenvalue weighted by atomic mass is 10.3. The Morgan fingerprint density at radius 3 is 2.72 bits per heavy atom. The number of carbonyl (C=O) groups is 1. The minimum Gasteiger partial charge on any atom is -0.378 e. The van der Waals surface area contributed by atoms with Crippen LogP contribution in [0.2, 0.25) is 0 Å². The summed E-state index contributed by atoms with van der Waals surface area (Å²) in [6.07, 6.45) is 0. The lowest BCUT2D eigenvalue weighted by Crippen LogP contribution is -2.47. The van der Waals surface area contributed by atoms with Crippen molar-refractivity contribution >= 4 is 5.91 Å². The van der Waals surface area contributed by atoms with Gasteiger partial charge in [-0.25, -0.2) is 0 Å². The average Bonchev–Trinajstić information content (AvgIpc) is 2.34. The fourth-order valence-corrected chi connectivity index (χ4v) is 1.74. The molecule has 0 atom stereocenters. The summed E-state index contributed by atoms with van der Waals surface area (Å²) in [4.78, 5) is 15.9. The van der Waals surface area contributed by atoms with Crippen LogP contribution in [0.5, 0.6) is 0 Å². The summed E-state index contributed by atoms with van der Waals surface area (Å²) in [5.74, 6) is 0.0908. The SMILES string of the molecule is CN(C)CCOCCNC(=O)CN1CCNCC1. The van der Waals surface area contributed by atoms with Crippen molar-refractivity contribution in [3.8, 4) is 0 Å². The van der Waals surface area contributed by atoms with Gasteiger partial charge in [-0.1, -0.05) is 0 Å². The first-order chi connectivity index (χ1) is 8.68. The van der Waals surface area contributed by atoms with Gasteiger partial charge < -0.3 is 20.3 Å². The van der Waals surface area contributed by atoms with Gasteiger partial charge in [0.25, 0.3) is 0 Å². The number of hydrogen-bond acceptors (Lipinski definition) is 5. The van der Waals surface area contributed by atoms with Crippen LogP contribution in [0.15, 0.2) is 0 Å². The lowest BCUT2D eigenvalue weighted by Gasteiger charge is -2.26. The molecule has 1 heterocycles. The number of nitrogens with zero attached hydrogens (tertiary/aromatic N) is 2. The molecule has 0 spiro atoms. The number of rotatable bonds is 8. The van der Waals surface area contributed by atoms with E-state index in [0.717, 1.165) is 32.7 Å². The van der Waals surface area contributed by atoms with E-state index >= 15 is 0 Å². The van der Waals surface area contributed by atoms with Gasteiger partial charge in [0.15, 0.2) is 0 Å². The standard InChI is InChI=1S/C12H26N4O2/c1-15(2)8-10-18-9-5-14-12(17)11-16-6-3-13-4-7-16/h13H,3-11H2,1-2H3,(H,14,17). The smallest absolute Gasteiger partial charge is 0.234 e. The maximum Gasteiger partial charge on any atom is 0.234 e. The summed E-state index contributed by atoms with van der Waals surface area (Å²) >= 11 is 0. The molecule has 1 amide bonds. The van der Waals surface area contributed by atoms with Crippen molar-refractivity contribution in [2.45, 2.75) is 0 Å². The molecule has 0 radical (unpaired) electrons. The maximum atomic E-state index is 11.6. The van der Waals surface area contributed by atoms with Crippen molar-refractivity contribution in [1.82, 2.24) is 20.4 Å². The third-order valence-electron chi connectivity index (χ3n) is 2.83. The molecule has 1 aliphatic heterocycles. The van der Waals surface area contributed by atoms with Crippen molar-refractivity contribution in [3.63, 3.8) is 0 Å². The molecular formula is C12H26N4O2. The maximum absolute atomic E-state index is 11.6. The normalized spacial score (nSPS) is 17.1. The number of hydrogen-bond donors (Lipinski definition) is 2. The van der Waals surface area contributed by atoms with E-state index in [1.165, 1.54) is 0 Å². The molecule has 0 saturated carbocycles. The number of ether oxygens (including phenoxy) is 1. The fraction of sp³-hybridized carbons (Fsp3) is 0.917. The van der Waals surface area contributed by atoms with Gasteiger partial charge >= 0.3 is 0 Å². The Balaban J connectivity index is 1.93. The Bertz CT molecular complexity index is 230. The molecule has 0 unspecified atom stereocenters. The summed E-state index contributed by atoms with van der Waals surface area (Å²) in [6.45, 7) is 7.15. The second kappa shape index (κ2) is 9.27. The molecule has 0 bridgehead atoms. The predicted molar refractivity (Wildman–Crippen MR) is 71.7 cm³/mol. The van der Waals surface area contributed by atoms with Gasteiger partial charge in [-0.05, 0) is 14.1 Å². The molecule has 1 fully saturated rings. The van der Waals surface area contributed by atoms with Crippen LogP contribution in [0.25, 0.3) is 0 Å². The number of likely N-dealkylation sites (N-methyl/N-ethyl adjacent to an activating group) is 1. The molecule has 0 aromatic rings. The van der Waals surface area contributed by atoms with Gasteiger partial charge in [-0.3, -0.25) is 9.69 Å². The second-order valence-electron chi connectivity index (χ2n) is 4.79. The largest absolute Gasteiger partial charge is 0.378 e. The molecular weight excluding hydrogens is 232 g/mol. The quantitative estimate of drug-likeness (QED) is 0.524. The van der Waals surface area contributed by atoms with Crippen molar-refractivity contribution in [1.29, 1.82) is 0 Å². The summed E-state index contributed by atoms with van der Waals surface area (Å²) < 4.78 is 5.40. The van der Waals surface area contributed by atoms with Gasteiger partial charge in [-0.15, -0.1) is 0 Å². The first kappa shape index (κ1) is 15.4. The minimum atomic E-state index is 0.0908. The molecule has 6 nitrogen and oxygen atoms in total. The van der Waals surface area contributed by atoms with Crippen LogP contribution in [0.4, 0.5) is 0 Å². The number of carbonyl (C=O) groups excluding carboxylic acids is 1. The molecule has 1 aliphatic rings. The first-order valence-electron chi connectivity index (χ1n) is 6.61. The van der Waals surface area contributed by atoms with Gasteiger partial charge in [0.1, 0.15) is 0 Å². The Labute approximate surface area is 110 Å². The molecule has 0 aliphatic carbocycles. The summed E-state index contributed by atoms with van der Waals surface area (Å²) in [7, 11) is 4.03. The lowest BCUT2D eigenvalue weighted by molar-refractivity contribution is -0.122. The van der Waals surface area contributed by atoms with E-state index in [0.29, 0.717) is 26.3 Å². The molecule has 18 heavy (non-hydrogen) atoms. The van der Waals surface area contributed by atoms with Crippen LogP contribution in [0, 0.1) is 0 Å². The highest BCUT2D eigenvalue weighted by Gasteiger charge is 2.12. The van der Waals surface area contributed by atoms with Crippen LogP contribution in [0.3, 0.4) is 0 Å². The van der Waals surface area contributed by atoms with Crippen molar-refractivity contribution in [3.05, 3.63) is 0 Å². The summed E-state index contributed by atoms with van der Waals surface area (Å²) in [5.41, 5.74) is 0. The van der Waals surface area contributed by atoms with Crippen molar-refractivity contribution in [2.75, 3.05) is 73.1 Å². The molecule has 0 aromatic carbocycles. The zero-order chi connectivity index (χ0) is 13.2. The number of nitrogens with one attached hydrogen (secondary N) is 2. The van der Waals surface area contributed by atoms with Crippen molar-refractivity contribution < 1.29 is 9.53 Å². The Kier molecular flexibility index (Phi) is 7.91. The Hall–Kier alpha value is -0.690. The molecule has 6 heteroatoms. The fourth-order valence-electron chi connectivity index (χ4n) is 1.74. The highest BCUT2D eigenvalue weighted by Crippen LogP contribution is 1.90. The number of amides is 1. The van der Waals surface area contributed by atoms with E-state index in [2.05, 4.69) is 20.4 Å². The number of piperazine rings is 1. The zero-order valence-corrected chi connectivity index (χ0v) is 11.6. The summed E-state index contributed by atoms with van der Waals surface area (Å²) in [6, 6.07) is 0. The highest BCUT2D eigenvalue weighted by atomic mass is 16.5. The highest BCUT2D eigenvalue weighted by molar-refractivity contribution is 5.77. The molecule has 1 saturated heterocycles. The average molecular weight is 258 g/mol. The van der Waals surface area contributed by atoms with Crippen LogP contribution >= 0.6 is 0 Å². The monoisotopic (exact) mass is 258 g/mol. The minimum absolute atomic E-state index is 0.0908. The third kappa shape index (κ3) is 7.60. The van der Waals surface area contributed by atoms with E-state index < -0.39 is 0 Å². The second-order valence-corrected chi connectivity index (χ2v) is 4.79. The Morgan fingerprint density at radius 1 is 1.33 bits per heavy atom. The van der Waals surface area contributed by atoms with Crippen molar-refractivity contribution in [2.24, 2.45) is 0 Å². The van der Waals surface area contributed by atoms with Gasteiger partial charge in [-0.2, -0.15) is 0 Å². The third-order valence-corrected chi connectivity index (χ3v) is 2.83. The van der Waals surface area contributed by atoms with E-state index in [-0.39, 0.29) is 5.91 Å². The van der Waals surface area contributed by atoms with Gasteiger partial charge in [0.2, 0.25) is 5.91 Å². The Morgan fingerprint density at radius 2 is 2.06 bits per heavy atom. The van der Waals surface area contributed by atoms with Gasteiger partial charge in [0.05, 0.1) is 19.8 Å². The van der Waals surface area contributed by atoms with Gasteiger partial charge in [0, 0.05) is 39.3 Å². The van der Waals surface area contributed by atoms with E-state index in [4.69, 9.17) is 4.74 Å². The molecule has 2 N–H and O–H groups in total. The predicted octanol–water partition coefficient (Wildman–Crippen LogP) is -1.41. The van der Waals surface area contributed by atoms with E-state index in [1.54, 1.807) is 0 Å². The van der Waals surface area contributed by atoms with Crippen LogP contribution in [-0.2, 0) is 9.53 Å². The molecule has 1 rings (SSSR count). The van der Waals surface area contributed by atoms with E-state index in [9.17, 15) is 4.79 Å². The topological polar surface area (TPSA) is 56.8 Å². The van der Waals surface area contributed by atoms with E-state index in [1.807, 2.05) is 14.1 Å². The van der Waals surface area contributed by atoms with Crippen LogP contribution in [-0.4, -0.2) is 88.8 Å². The first-order valence-corrected chi connectivity index (χ1v) is 6.61. The molecule has 0 aromatic heterocycles. The molecule has 106 valence electrons.